The van der Waals surface area contributed by atoms with E-state index in [0.717, 1.165) is 12.8 Å². The standard InChI is InChI=1S/C10H13NO3/c1-3-8(2)14-10(13)9(12)11-6-4-5-7-11/h3H,1-2,4-7H2. The Morgan fingerprint density at radius 3 is 2.36 bits per heavy atom. The second-order valence-corrected chi connectivity index (χ2v) is 3.06. The van der Waals surface area contributed by atoms with Crippen LogP contribution in [0.4, 0.5) is 0 Å². The van der Waals surface area contributed by atoms with Gasteiger partial charge in [0.1, 0.15) is 5.76 Å². The van der Waals surface area contributed by atoms with Gasteiger partial charge in [-0.2, -0.15) is 0 Å². The molecule has 0 bridgehead atoms. The summed E-state index contributed by atoms with van der Waals surface area (Å²) in [5.74, 6) is -1.37. The molecule has 0 N–H and O–H groups in total. The van der Waals surface area contributed by atoms with Crippen molar-refractivity contribution >= 4 is 11.9 Å². The maximum Gasteiger partial charge on any atom is 0.402 e. The first-order chi connectivity index (χ1) is 6.65. The number of carbonyl (C=O) groups is 2. The second-order valence-electron chi connectivity index (χ2n) is 3.06. The molecule has 4 heteroatoms. The number of hydrogen-bond acceptors (Lipinski definition) is 3. The summed E-state index contributed by atoms with van der Waals surface area (Å²) in [6.45, 7) is 8.03. The van der Waals surface area contributed by atoms with Crippen LogP contribution in [-0.2, 0) is 14.3 Å². The van der Waals surface area contributed by atoms with Crippen LogP contribution in [0.15, 0.2) is 25.0 Å². The third-order valence-corrected chi connectivity index (χ3v) is 2.02. The van der Waals surface area contributed by atoms with Gasteiger partial charge >= 0.3 is 11.9 Å². The van der Waals surface area contributed by atoms with Gasteiger partial charge in [-0.05, 0) is 18.9 Å². The van der Waals surface area contributed by atoms with E-state index >= 15 is 0 Å². The molecule has 0 radical (unpaired) electrons. The maximum atomic E-state index is 11.4. The van der Waals surface area contributed by atoms with Gasteiger partial charge in [-0.25, -0.2) is 4.79 Å². The van der Waals surface area contributed by atoms with Gasteiger partial charge in [-0.1, -0.05) is 13.2 Å². The average Bonchev–Trinajstić information content (AvgIpc) is 2.69. The zero-order chi connectivity index (χ0) is 10.6. The smallest absolute Gasteiger partial charge is 0.402 e. The summed E-state index contributed by atoms with van der Waals surface area (Å²) in [6, 6.07) is 0. The lowest BCUT2D eigenvalue weighted by molar-refractivity contribution is -0.156. The van der Waals surface area contributed by atoms with E-state index in [0.29, 0.717) is 13.1 Å². The number of ether oxygens (including phenoxy) is 1. The van der Waals surface area contributed by atoms with Crippen LogP contribution in [-0.4, -0.2) is 29.9 Å². The van der Waals surface area contributed by atoms with E-state index in [9.17, 15) is 9.59 Å². The Kier molecular flexibility index (Phi) is 3.45. The fraction of sp³-hybridized carbons (Fsp3) is 0.400. The Morgan fingerprint density at radius 1 is 1.29 bits per heavy atom. The van der Waals surface area contributed by atoms with Gasteiger partial charge in [0, 0.05) is 13.1 Å². The van der Waals surface area contributed by atoms with Crippen LogP contribution >= 0.6 is 0 Å². The Balaban J connectivity index is 2.47. The molecule has 1 saturated heterocycles. The second kappa shape index (κ2) is 4.60. The van der Waals surface area contributed by atoms with Crippen molar-refractivity contribution in [1.82, 2.24) is 4.90 Å². The van der Waals surface area contributed by atoms with Gasteiger partial charge in [-0.3, -0.25) is 4.79 Å². The highest BCUT2D eigenvalue weighted by Gasteiger charge is 2.25. The quantitative estimate of drug-likeness (QED) is 0.284. The summed E-state index contributed by atoms with van der Waals surface area (Å²) < 4.78 is 4.63. The van der Waals surface area contributed by atoms with Crippen molar-refractivity contribution in [2.75, 3.05) is 13.1 Å². The normalized spacial score (nSPS) is 15.0. The predicted molar refractivity (Wildman–Crippen MR) is 51.2 cm³/mol. The van der Waals surface area contributed by atoms with Gasteiger partial charge in [-0.15, -0.1) is 0 Å². The van der Waals surface area contributed by atoms with Crippen LogP contribution < -0.4 is 0 Å². The molecule has 0 saturated carbocycles. The summed E-state index contributed by atoms with van der Waals surface area (Å²) in [6.07, 6.45) is 3.18. The Morgan fingerprint density at radius 2 is 1.86 bits per heavy atom. The molecule has 0 unspecified atom stereocenters. The third-order valence-electron chi connectivity index (χ3n) is 2.02. The van der Waals surface area contributed by atoms with Crippen LogP contribution in [0.1, 0.15) is 12.8 Å². The lowest BCUT2D eigenvalue weighted by Crippen LogP contribution is -2.35. The zero-order valence-electron chi connectivity index (χ0n) is 7.99. The highest BCUT2D eigenvalue weighted by molar-refractivity contribution is 6.32. The van der Waals surface area contributed by atoms with Crippen molar-refractivity contribution < 1.29 is 14.3 Å². The molecule has 0 spiro atoms. The largest absolute Gasteiger partial charge is 0.420 e. The van der Waals surface area contributed by atoms with E-state index in [1.165, 1.54) is 11.0 Å². The zero-order valence-corrected chi connectivity index (χ0v) is 7.99. The van der Waals surface area contributed by atoms with E-state index < -0.39 is 11.9 Å². The van der Waals surface area contributed by atoms with Gasteiger partial charge in [0.2, 0.25) is 0 Å². The van der Waals surface area contributed by atoms with Gasteiger partial charge < -0.3 is 9.64 Å². The van der Waals surface area contributed by atoms with E-state index in [2.05, 4.69) is 17.9 Å². The van der Waals surface area contributed by atoms with E-state index in [-0.39, 0.29) is 5.76 Å². The molecule has 1 rings (SSSR count). The van der Waals surface area contributed by atoms with E-state index in [4.69, 9.17) is 0 Å². The predicted octanol–water partition coefficient (Wildman–Crippen LogP) is 0.852. The number of likely N-dealkylation sites (tertiary alicyclic amines) is 1. The minimum atomic E-state index is -0.878. The first kappa shape index (κ1) is 10.5. The van der Waals surface area contributed by atoms with E-state index in [1.807, 2.05) is 0 Å². The molecule has 1 heterocycles. The Bertz CT molecular complexity index is 277. The average molecular weight is 195 g/mol. The minimum absolute atomic E-state index is 0.0996. The van der Waals surface area contributed by atoms with Crippen LogP contribution in [0, 0.1) is 0 Å². The lowest BCUT2D eigenvalue weighted by Gasteiger charge is -2.13. The molecule has 4 nitrogen and oxygen atoms in total. The Labute approximate surface area is 82.8 Å². The molecule has 0 aromatic rings. The van der Waals surface area contributed by atoms with E-state index in [1.54, 1.807) is 0 Å². The van der Waals surface area contributed by atoms with Crippen LogP contribution in [0.3, 0.4) is 0 Å². The summed E-state index contributed by atoms with van der Waals surface area (Å²) >= 11 is 0. The maximum absolute atomic E-state index is 11.4. The molecule has 0 atom stereocenters. The van der Waals surface area contributed by atoms with Crippen LogP contribution in [0.25, 0.3) is 0 Å². The topological polar surface area (TPSA) is 46.6 Å². The van der Waals surface area contributed by atoms with Crippen molar-refractivity contribution in [3.05, 3.63) is 25.0 Å². The Hall–Kier alpha value is -1.58. The summed E-state index contributed by atoms with van der Waals surface area (Å²) in [4.78, 5) is 24.0. The molecule has 0 aromatic carbocycles. The van der Waals surface area contributed by atoms with Crippen LogP contribution in [0.2, 0.25) is 0 Å². The van der Waals surface area contributed by atoms with Gasteiger partial charge in [0.15, 0.2) is 0 Å². The summed E-state index contributed by atoms with van der Waals surface area (Å²) in [5.41, 5.74) is 0. The molecule has 1 fully saturated rings. The van der Waals surface area contributed by atoms with Crippen molar-refractivity contribution in [1.29, 1.82) is 0 Å². The fourth-order valence-electron chi connectivity index (χ4n) is 1.25. The van der Waals surface area contributed by atoms with Crippen LogP contribution in [0.5, 0.6) is 0 Å². The number of hydrogen-bond donors (Lipinski definition) is 0. The van der Waals surface area contributed by atoms with Crippen molar-refractivity contribution in [3.63, 3.8) is 0 Å². The molecular formula is C10H13NO3. The number of carbonyl (C=O) groups excluding carboxylic acids is 2. The van der Waals surface area contributed by atoms with Crippen molar-refractivity contribution in [3.8, 4) is 0 Å². The molecular weight excluding hydrogens is 182 g/mol. The fourth-order valence-corrected chi connectivity index (χ4v) is 1.25. The molecule has 0 aromatic heterocycles. The summed E-state index contributed by atoms with van der Waals surface area (Å²) in [5, 5.41) is 0. The monoisotopic (exact) mass is 195 g/mol. The number of nitrogens with zero attached hydrogens (tertiary/aromatic N) is 1. The van der Waals surface area contributed by atoms with Gasteiger partial charge in [0.05, 0.1) is 0 Å². The first-order valence-electron chi connectivity index (χ1n) is 4.47. The molecule has 1 aliphatic rings. The SMILES string of the molecule is C=CC(=C)OC(=O)C(=O)N1CCCC1. The number of rotatable bonds is 2. The molecule has 14 heavy (non-hydrogen) atoms. The van der Waals surface area contributed by atoms with Crippen molar-refractivity contribution in [2.24, 2.45) is 0 Å². The molecule has 1 amide bonds. The first-order valence-corrected chi connectivity index (χ1v) is 4.47. The number of amides is 1. The number of allylic oxidation sites excluding steroid dienone is 1. The lowest BCUT2D eigenvalue weighted by atomic mass is 10.4. The highest BCUT2D eigenvalue weighted by Crippen LogP contribution is 2.08. The molecule has 0 aliphatic carbocycles. The minimum Gasteiger partial charge on any atom is -0.420 e. The van der Waals surface area contributed by atoms with Gasteiger partial charge in [0.25, 0.3) is 0 Å². The summed E-state index contributed by atoms with van der Waals surface area (Å²) in [7, 11) is 0. The highest BCUT2D eigenvalue weighted by atomic mass is 16.5. The number of esters is 1. The molecule has 76 valence electrons. The third kappa shape index (κ3) is 2.45. The van der Waals surface area contributed by atoms with Crippen molar-refractivity contribution in [2.45, 2.75) is 12.8 Å². The molecule has 1 aliphatic heterocycles.